The molecule has 1 atom stereocenters. The van der Waals surface area contributed by atoms with Crippen LogP contribution in [0, 0.1) is 0 Å². The lowest BCUT2D eigenvalue weighted by atomic mass is 10.2. The van der Waals surface area contributed by atoms with E-state index < -0.39 is 17.1 Å². The molecule has 0 bridgehead atoms. The van der Waals surface area contributed by atoms with Gasteiger partial charge in [-0.05, 0) is 43.3 Å². The largest absolute Gasteiger partial charge is 0.478 e. The lowest BCUT2D eigenvalue weighted by Crippen LogP contribution is -2.45. The first kappa shape index (κ1) is 22.1. The molecule has 1 aliphatic rings. The SMILES string of the molecule is CCN1C(=O)C[C@H](C(=O)Nc2cccc(C(=O)O)c2)SC1=Nc1ccc(Cl)c(Cl)c1. The van der Waals surface area contributed by atoms with Gasteiger partial charge in [0, 0.05) is 18.7 Å². The van der Waals surface area contributed by atoms with Gasteiger partial charge in [0.15, 0.2) is 5.17 Å². The Morgan fingerprint density at radius 1 is 1.23 bits per heavy atom. The second-order valence-electron chi connectivity index (χ2n) is 6.32. The zero-order chi connectivity index (χ0) is 21.8. The second-order valence-corrected chi connectivity index (χ2v) is 8.30. The summed E-state index contributed by atoms with van der Waals surface area (Å²) in [5, 5.41) is 12.2. The number of halogens is 2. The number of aromatic carboxylic acids is 1. The van der Waals surface area contributed by atoms with E-state index in [1.54, 1.807) is 24.3 Å². The molecule has 30 heavy (non-hydrogen) atoms. The van der Waals surface area contributed by atoms with Crippen molar-refractivity contribution < 1.29 is 19.5 Å². The summed E-state index contributed by atoms with van der Waals surface area (Å²) in [5.74, 6) is -1.73. The molecule has 2 amide bonds. The zero-order valence-electron chi connectivity index (χ0n) is 15.8. The van der Waals surface area contributed by atoms with Crippen LogP contribution < -0.4 is 5.32 Å². The molecule has 0 spiro atoms. The van der Waals surface area contributed by atoms with E-state index in [1.807, 2.05) is 6.92 Å². The molecule has 156 valence electrons. The van der Waals surface area contributed by atoms with Gasteiger partial charge in [-0.15, -0.1) is 0 Å². The van der Waals surface area contributed by atoms with Crippen molar-refractivity contribution >= 4 is 69.3 Å². The van der Waals surface area contributed by atoms with Gasteiger partial charge in [-0.3, -0.25) is 14.5 Å². The number of thioether (sulfide) groups is 1. The fourth-order valence-corrected chi connectivity index (χ4v) is 4.23. The third-order valence-electron chi connectivity index (χ3n) is 4.25. The molecule has 10 heteroatoms. The Morgan fingerprint density at radius 2 is 2.00 bits per heavy atom. The molecule has 2 aromatic rings. The molecule has 0 aromatic heterocycles. The average Bonchev–Trinajstić information content (AvgIpc) is 2.70. The Hall–Kier alpha value is -2.55. The molecule has 7 nitrogen and oxygen atoms in total. The van der Waals surface area contributed by atoms with Crippen LogP contribution in [-0.4, -0.2) is 44.8 Å². The van der Waals surface area contributed by atoms with Crippen LogP contribution in [0.15, 0.2) is 47.5 Å². The monoisotopic (exact) mass is 465 g/mol. The summed E-state index contributed by atoms with van der Waals surface area (Å²) < 4.78 is 0. The van der Waals surface area contributed by atoms with Crippen molar-refractivity contribution in [1.29, 1.82) is 0 Å². The first-order valence-corrected chi connectivity index (χ1v) is 10.6. The van der Waals surface area contributed by atoms with Gasteiger partial charge in [-0.2, -0.15) is 0 Å². The predicted octanol–water partition coefficient (Wildman–Crippen LogP) is 4.67. The number of carbonyl (C=O) groups is 3. The van der Waals surface area contributed by atoms with Gasteiger partial charge in [-0.25, -0.2) is 9.79 Å². The molecule has 3 rings (SSSR count). The highest BCUT2D eigenvalue weighted by Gasteiger charge is 2.35. The van der Waals surface area contributed by atoms with Crippen molar-refractivity contribution in [1.82, 2.24) is 4.90 Å². The minimum absolute atomic E-state index is 0.00333. The van der Waals surface area contributed by atoms with Crippen LogP contribution in [0.4, 0.5) is 11.4 Å². The van der Waals surface area contributed by atoms with Gasteiger partial charge in [0.25, 0.3) is 0 Å². The standard InChI is InChI=1S/C20H17Cl2N3O4S/c1-2-25-17(26)10-16(18(27)23-12-5-3-4-11(8-12)19(28)29)30-20(25)24-13-6-7-14(21)15(22)9-13/h3-9,16H,2,10H2,1H3,(H,23,27)(H,28,29)/t16-/m1/s1. The van der Waals surface area contributed by atoms with Gasteiger partial charge in [0.05, 0.1) is 21.3 Å². The van der Waals surface area contributed by atoms with E-state index in [0.717, 1.165) is 11.8 Å². The summed E-state index contributed by atoms with van der Waals surface area (Å²) in [4.78, 5) is 42.4. The van der Waals surface area contributed by atoms with Crippen molar-refractivity contribution in [3.8, 4) is 0 Å². The fraction of sp³-hybridized carbons (Fsp3) is 0.200. The molecular weight excluding hydrogens is 449 g/mol. The smallest absolute Gasteiger partial charge is 0.335 e. The number of anilines is 1. The van der Waals surface area contributed by atoms with Crippen LogP contribution in [0.3, 0.4) is 0 Å². The van der Waals surface area contributed by atoms with Crippen molar-refractivity contribution in [2.75, 3.05) is 11.9 Å². The van der Waals surface area contributed by atoms with Crippen molar-refractivity contribution in [3.63, 3.8) is 0 Å². The number of hydrogen-bond acceptors (Lipinski definition) is 5. The Morgan fingerprint density at radius 3 is 2.67 bits per heavy atom. The van der Waals surface area contributed by atoms with Gasteiger partial charge in [0.2, 0.25) is 11.8 Å². The highest BCUT2D eigenvalue weighted by Crippen LogP contribution is 2.32. The Balaban J connectivity index is 1.82. The number of aliphatic imine (C=N–C) groups is 1. The number of amidine groups is 1. The number of carboxylic acid groups (broad SMARTS) is 1. The van der Waals surface area contributed by atoms with E-state index in [9.17, 15) is 14.4 Å². The number of nitrogens with one attached hydrogen (secondary N) is 1. The number of hydrogen-bond donors (Lipinski definition) is 2. The fourth-order valence-electron chi connectivity index (χ4n) is 2.77. The van der Waals surface area contributed by atoms with Crippen LogP contribution in [0.5, 0.6) is 0 Å². The third-order valence-corrected chi connectivity index (χ3v) is 6.18. The molecule has 0 saturated carbocycles. The Kier molecular flexibility index (Phi) is 7.02. The first-order chi connectivity index (χ1) is 14.3. The van der Waals surface area contributed by atoms with Crippen LogP contribution in [0.2, 0.25) is 10.0 Å². The average molecular weight is 466 g/mol. The summed E-state index contributed by atoms with van der Waals surface area (Å²) in [6, 6.07) is 10.8. The summed E-state index contributed by atoms with van der Waals surface area (Å²) in [7, 11) is 0. The Labute approximate surface area is 187 Å². The highest BCUT2D eigenvalue weighted by atomic mass is 35.5. The van der Waals surface area contributed by atoms with E-state index in [-0.39, 0.29) is 17.9 Å². The molecule has 0 radical (unpaired) electrons. The molecule has 0 aliphatic carbocycles. The molecule has 1 aliphatic heterocycles. The quantitative estimate of drug-likeness (QED) is 0.667. The van der Waals surface area contributed by atoms with Crippen LogP contribution in [0.1, 0.15) is 23.7 Å². The van der Waals surface area contributed by atoms with Crippen LogP contribution >= 0.6 is 35.0 Å². The van der Waals surface area contributed by atoms with E-state index >= 15 is 0 Å². The normalized spacial score (nSPS) is 17.8. The van der Waals surface area contributed by atoms with Crippen LogP contribution in [-0.2, 0) is 9.59 Å². The zero-order valence-corrected chi connectivity index (χ0v) is 18.1. The maximum Gasteiger partial charge on any atom is 0.335 e. The van der Waals surface area contributed by atoms with E-state index in [1.165, 1.54) is 23.1 Å². The molecule has 2 aromatic carbocycles. The number of carboxylic acids is 1. The topological polar surface area (TPSA) is 99.1 Å². The first-order valence-electron chi connectivity index (χ1n) is 8.93. The number of rotatable bonds is 5. The molecule has 1 saturated heterocycles. The molecule has 0 unspecified atom stereocenters. The van der Waals surface area contributed by atoms with Gasteiger partial charge in [0.1, 0.15) is 5.25 Å². The highest BCUT2D eigenvalue weighted by molar-refractivity contribution is 8.15. The maximum atomic E-state index is 12.7. The Bertz CT molecular complexity index is 1040. The summed E-state index contributed by atoms with van der Waals surface area (Å²) in [5.41, 5.74) is 0.904. The summed E-state index contributed by atoms with van der Waals surface area (Å²) in [6.07, 6.45) is 0.00333. The van der Waals surface area contributed by atoms with E-state index in [0.29, 0.717) is 33.1 Å². The number of carbonyl (C=O) groups excluding carboxylic acids is 2. The van der Waals surface area contributed by atoms with E-state index in [2.05, 4.69) is 10.3 Å². The van der Waals surface area contributed by atoms with E-state index in [4.69, 9.17) is 28.3 Å². The van der Waals surface area contributed by atoms with Crippen LogP contribution in [0.25, 0.3) is 0 Å². The predicted molar refractivity (Wildman–Crippen MR) is 119 cm³/mol. The second kappa shape index (κ2) is 9.51. The van der Waals surface area contributed by atoms with Gasteiger partial charge < -0.3 is 10.4 Å². The molecular formula is C20H17Cl2N3O4S. The minimum Gasteiger partial charge on any atom is -0.478 e. The molecule has 2 N–H and O–H groups in total. The molecule has 1 heterocycles. The number of nitrogens with zero attached hydrogens (tertiary/aromatic N) is 2. The lowest BCUT2D eigenvalue weighted by Gasteiger charge is -2.31. The molecule has 1 fully saturated rings. The van der Waals surface area contributed by atoms with Gasteiger partial charge in [-0.1, -0.05) is 41.0 Å². The van der Waals surface area contributed by atoms with Crippen molar-refractivity contribution in [3.05, 3.63) is 58.1 Å². The maximum absolute atomic E-state index is 12.7. The third kappa shape index (κ3) is 5.13. The lowest BCUT2D eigenvalue weighted by molar-refractivity contribution is -0.129. The number of amides is 2. The van der Waals surface area contributed by atoms with Crippen molar-refractivity contribution in [2.24, 2.45) is 4.99 Å². The minimum atomic E-state index is -1.09. The summed E-state index contributed by atoms with van der Waals surface area (Å²) >= 11 is 13.1. The summed E-state index contributed by atoms with van der Waals surface area (Å²) in [6.45, 7) is 2.22. The van der Waals surface area contributed by atoms with Gasteiger partial charge >= 0.3 is 5.97 Å². The van der Waals surface area contributed by atoms with Crippen molar-refractivity contribution in [2.45, 2.75) is 18.6 Å². The number of benzene rings is 2.